The van der Waals surface area contributed by atoms with Crippen LogP contribution in [0.15, 0.2) is 29.4 Å². The van der Waals surface area contributed by atoms with Crippen LogP contribution in [0.5, 0.6) is 11.5 Å². The number of aromatic nitrogens is 1. The molecular weight excluding hydrogens is 336 g/mol. The number of aliphatic imine (C=N–C) groups is 1. The predicted molar refractivity (Wildman–Crippen MR) is 103 cm³/mol. The van der Waals surface area contributed by atoms with Gasteiger partial charge in [0.05, 0.1) is 18.7 Å². The molecule has 0 aliphatic carbocycles. The van der Waals surface area contributed by atoms with Gasteiger partial charge in [-0.3, -0.25) is 4.99 Å². The van der Waals surface area contributed by atoms with Crippen LogP contribution in [0.25, 0.3) is 0 Å². The second kappa shape index (κ2) is 9.88. The first-order valence-corrected chi connectivity index (χ1v) is 9.13. The standard InChI is InChI=1S/C18H26N4O2S/c1-5-24-15-7-6-14(10-16(15)23-4)12-22-18(19-3)20-9-8-17-21-11-13(2)25-17/h6-7,10-11H,5,8-9,12H2,1-4H3,(H2,19,20,22). The van der Waals surface area contributed by atoms with Crippen molar-refractivity contribution in [2.24, 2.45) is 4.99 Å². The van der Waals surface area contributed by atoms with E-state index in [0.717, 1.165) is 41.0 Å². The molecule has 0 atom stereocenters. The summed E-state index contributed by atoms with van der Waals surface area (Å²) in [6, 6.07) is 5.93. The van der Waals surface area contributed by atoms with Crippen LogP contribution in [-0.2, 0) is 13.0 Å². The molecule has 7 heteroatoms. The fourth-order valence-electron chi connectivity index (χ4n) is 2.31. The number of nitrogens with zero attached hydrogens (tertiary/aromatic N) is 2. The van der Waals surface area contributed by atoms with Crippen LogP contribution in [0.1, 0.15) is 22.4 Å². The van der Waals surface area contributed by atoms with Crippen molar-refractivity contribution < 1.29 is 9.47 Å². The second-order valence-electron chi connectivity index (χ2n) is 5.39. The van der Waals surface area contributed by atoms with E-state index < -0.39 is 0 Å². The van der Waals surface area contributed by atoms with Gasteiger partial charge in [0, 0.05) is 37.6 Å². The number of nitrogens with one attached hydrogen (secondary N) is 2. The van der Waals surface area contributed by atoms with Crippen LogP contribution in [0.2, 0.25) is 0 Å². The maximum atomic E-state index is 5.54. The Hall–Kier alpha value is -2.28. The summed E-state index contributed by atoms with van der Waals surface area (Å²) in [6.45, 7) is 6.08. The zero-order valence-corrected chi connectivity index (χ0v) is 16.1. The number of benzene rings is 1. The van der Waals surface area contributed by atoms with E-state index in [4.69, 9.17) is 9.47 Å². The molecule has 0 saturated carbocycles. The summed E-state index contributed by atoms with van der Waals surface area (Å²) in [5.74, 6) is 2.26. The van der Waals surface area contributed by atoms with Gasteiger partial charge in [-0.15, -0.1) is 11.3 Å². The van der Waals surface area contributed by atoms with E-state index in [0.29, 0.717) is 13.2 Å². The molecule has 136 valence electrons. The number of methoxy groups -OCH3 is 1. The highest BCUT2D eigenvalue weighted by atomic mass is 32.1. The summed E-state index contributed by atoms with van der Waals surface area (Å²) in [4.78, 5) is 9.86. The molecule has 0 bridgehead atoms. The van der Waals surface area contributed by atoms with Gasteiger partial charge in [0.25, 0.3) is 0 Å². The number of aryl methyl sites for hydroxylation is 1. The smallest absolute Gasteiger partial charge is 0.191 e. The number of rotatable bonds is 8. The first kappa shape index (κ1) is 19.1. The number of ether oxygens (including phenoxy) is 2. The largest absolute Gasteiger partial charge is 0.493 e. The highest BCUT2D eigenvalue weighted by molar-refractivity contribution is 7.11. The predicted octanol–water partition coefficient (Wildman–Crippen LogP) is 2.77. The van der Waals surface area contributed by atoms with Crippen LogP contribution in [-0.4, -0.2) is 38.3 Å². The van der Waals surface area contributed by atoms with E-state index in [9.17, 15) is 0 Å². The molecule has 0 fully saturated rings. The summed E-state index contributed by atoms with van der Waals surface area (Å²) in [7, 11) is 3.41. The van der Waals surface area contributed by atoms with Crippen molar-refractivity contribution in [2.45, 2.75) is 26.8 Å². The minimum atomic E-state index is 0.614. The van der Waals surface area contributed by atoms with Crippen molar-refractivity contribution in [3.8, 4) is 11.5 Å². The van der Waals surface area contributed by atoms with E-state index in [1.54, 1.807) is 25.5 Å². The third-order valence-corrected chi connectivity index (χ3v) is 4.48. The zero-order valence-electron chi connectivity index (χ0n) is 15.3. The monoisotopic (exact) mass is 362 g/mol. The first-order valence-electron chi connectivity index (χ1n) is 8.31. The molecule has 0 amide bonds. The van der Waals surface area contributed by atoms with Gasteiger partial charge in [-0.05, 0) is 31.5 Å². The average molecular weight is 362 g/mol. The highest BCUT2D eigenvalue weighted by Gasteiger charge is 2.06. The third-order valence-electron chi connectivity index (χ3n) is 3.51. The minimum absolute atomic E-state index is 0.614. The van der Waals surface area contributed by atoms with Crippen molar-refractivity contribution in [1.29, 1.82) is 0 Å². The molecule has 0 unspecified atom stereocenters. The molecule has 0 saturated heterocycles. The number of guanidine groups is 1. The van der Waals surface area contributed by atoms with E-state index in [1.807, 2.05) is 31.3 Å². The highest BCUT2D eigenvalue weighted by Crippen LogP contribution is 2.27. The van der Waals surface area contributed by atoms with Gasteiger partial charge in [-0.1, -0.05) is 6.07 Å². The van der Waals surface area contributed by atoms with Gasteiger partial charge < -0.3 is 20.1 Å². The summed E-state index contributed by atoms with van der Waals surface area (Å²) >= 11 is 1.73. The first-order chi connectivity index (χ1) is 12.2. The molecule has 2 aromatic rings. The second-order valence-corrected chi connectivity index (χ2v) is 6.70. The number of hydrogen-bond acceptors (Lipinski definition) is 5. The fourth-order valence-corrected chi connectivity index (χ4v) is 3.09. The molecule has 1 heterocycles. The van der Waals surface area contributed by atoms with Gasteiger partial charge >= 0.3 is 0 Å². The summed E-state index contributed by atoms with van der Waals surface area (Å²) < 4.78 is 10.9. The molecule has 0 spiro atoms. The Balaban J connectivity index is 1.83. The lowest BCUT2D eigenvalue weighted by atomic mass is 10.2. The van der Waals surface area contributed by atoms with Gasteiger partial charge in [-0.2, -0.15) is 0 Å². The Labute approximate surface area is 153 Å². The Bertz CT molecular complexity index is 700. The van der Waals surface area contributed by atoms with Crippen LogP contribution in [0.4, 0.5) is 0 Å². The van der Waals surface area contributed by atoms with Gasteiger partial charge in [0.1, 0.15) is 0 Å². The lowest BCUT2D eigenvalue weighted by molar-refractivity contribution is 0.310. The molecule has 0 aliphatic rings. The number of thiazole rings is 1. The lowest BCUT2D eigenvalue weighted by Gasteiger charge is -2.13. The molecular formula is C18H26N4O2S. The Morgan fingerprint density at radius 2 is 2.12 bits per heavy atom. The Morgan fingerprint density at radius 3 is 2.76 bits per heavy atom. The van der Waals surface area contributed by atoms with E-state index in [2.05, 4.69) is 27.5 Å². The van der Waals surface area contributed by atoms with Gasteiger partial charge in [-0.25, -0.2) is 4.98 Å². The summed E-state index contributed by atoms with van der Waals surface area (Å²) in [5.41, 5.74) is 1.10. The molecule has 2 N–H and O–H groups in total. The van der Waals surface area contributed by atoms with Gasteiger partial charge in [0.15, 0.2) is 17.5 Å². The lowest BCUT2D eigenvalue weighted by Crippen LogP contribution is -2.37. The molecule has 0 radical (unpaired) electrons. The third kappa shape index (κ3) is 5.94. The van der Waals surface area contributed by atoms with E-state index >= 15 is 0 Å². The zero-order chi connectivity index (χ0) is 18.1. The normalized spacial score (nSPS) is 11.3. The van der Waals surface area contributed by atoms with E-state index in [1.165, 1.54) is 4.88 Å². The van der Waals surface area contributed by atoms with Crippen molar-refractivity contribution in [3.63, 3.8) is 0 Å². The quantitative estimate of drug-likeness (QED) is 0.558. The minimum Gasteiger partial charge on any atom is -0.493 e. The van der Waals surface area contributed by atoms with Crippen LogP contribution in [0, 0.1) is 6.92 Å². The SMILES string of the molecule is CCOc1ccc(CNC(=NC)NCCc2ncc(C)s2)cc1OC. The fraction of sp³-hybridized carbons (Fsp3) is 0.444. The summed E-state index contributed by atoms with van der Waals surface area (Å²) in [5, 5.41) is 7.75. The molecule has 2 rings (SSSR count). The van der Waals surface area contributed by atoms with Crippen LogP contribution < -0.4 is 20.1 Å². The van der Waals surface area contributed by atoms with Crippen LogP contribution in [0.3, 0.4) is 0 Å². The maximum absolute atomic E-state index is 5.54. The van der Waals surface area contributed by atoms with Crippen molar-refractivity contribution >= 4 is 17.3 Å². The van der Waals surface area contributed by atoms with Crippen molar-refractivity contribution in [3.05, 3.63) is 39.8 Å². The molecule has 25 heavy (non-hydrogen) atoms. The Morgan fingerprint density at radius 1 is 1.28 bits per heavy atom. The molecule has 1 aromatic carbocycles. The average Bonchev–Trinajstić information content (AvgIpc) is 3.04. The Kier molecular flexibility index (Phi) is 7.53. The summed E-state index contributed by atoms with van der Waals surface area (Å²) in [6.07, 6.45) is 2.79. The van der Waals surface area contributed by atoms with E-state index in [-0.39, 0.29) is 0 Å². The number of hydrogen-bond donors (Lipinski definition) is 2. The van der Waals surface area contributed by atoms with Crippen molar-refractivity contribution in [2.75, 3.05) is 27.3 Å². The van der Waals surface area contributed by atoms with Crippen LogP contribution >= 0.6 is 11.3 Å². The maximum Gasteiger partial charge on any atom is 0.191 e. The molecule has 1 aromatic heterocycles. The molecule has 6 nitrogen and oxygen atoms in total. The van der Waals surface area contributed by atoms with Gasteiger partial charge in [0.2, 0.25) is 0 Å². The molecule has 0 aliphatic heterocycles. The topological polar surface area (TPSA) is 67.8 Å². The van der Waals surface area contributed by atoms with Crippen molar-refractivity contribution in [1.82, 2.24) is 15.6 Å².